The molecule has 1 heterocycles. The number of benzene rings is 2. The van der Waals surface area contributed by atoms with Crippen LogP contribution in [-0.2, 0) is 17.2 Å². The van der Waals surface area contributed by atoms with Crippen LogP contribution in [0.25, 0.3) is 11.1 Å². The molecule has 1 aromatic heterocycles. The number of carbonyl (C=O) groups excluding carboxylic acids is 1. The van der Waals surface area contributed by atoms with E-state index in [2.05, 4.69) is 0 Å². The molecule has 0 fully saturated rings. The Labute approximate surface area is 155 Å². The van der Waals surface area contributed by atoms with E-state index >= 15 is 0 Å². The van der Waals surface area contributed by atoms with Crippen molar-refractivity contribution in [3.63, 3.8) is 0 Å². The van der Waals surface area contributed by atoms with Crippen LogP contribution >= 0.6 is 0 Å². The van der Waals surface area contributed by atoms with Gasteiger partial charge in [-0.3, -0.25) is 9.36 Å². The third kappa shape index (κ3) is 2.68. The lowest BCUT2D eigenvalue weighted by Gasteiger charge is -2.13. The van der Waals surface area contributed by atoms with E-state index < -0.39 is 15.9 Å². The van der Waals surface area contributed by atoms with Gasteiger partial charge in [-0.25, -0.2) is 4.79 Å². The highest BCUT2D eigenvalue weighted by molar-refractivity contribution is 7.87. The van der Waals surface area contributed by atoms with Gasteiger partial charge in [0.15, 0.2) is 17.1 Å². The maximum absolute atomic E-state index is 12.7. The van der Waals surface area contributed by atoms with Gasteiger partial charge in [0.05, 0.1) is 11.1 Å². The van der Waals surface area contributed by atoms with Crippen LogP contribution in [0, 0.1) is 6.92 Å². The van der Waals surface area contributed by atoms with Crippen LogP contribution < -0.4 is 9.94 Å². The highest BCUT2D eigenvalue weighted by Gasteiger charge is 2.33. The first-order valence-electron chi connectivity index (χ1n) is 8.40. The van der Waals surface area contributed by atoms with Crippen molar-refractivity contribution in [1.82, 2.24) is 4.57 Å². The molecule has 1 atom stereocenters. The largest absolute Gasteiger partial charge is 0.419 e. The van der Waals surface area contributed by atoms with E-state index in [1.165, 1.54) is 35.9 Å². The SMILES string of the molecule is Cc1ccc(OS(=O)(=O)c2ccc3c(c2)oc(=O)n3C)c2c1[C@H](C)CC2=O. The third-order valence-corrected chi connectivity index (χ3v) is 6.17. The summed E-state index contributed by atoms with van der Waals surface area (Å²) in [7, 11) is -2.68. The summed E-state index contributed by atoms with van der Waals surface area (Å²) in [4.78, 5) is 23.8. The second-order valence-electron chi connectivity index (χ2n) is 6.79. The molecule has 1 aliphatic carbocycles. The van der Waals surface area contributed by atoms with E-state index in [1.807, 2.05) is 13.8 Å². The molecule has 0 unspecified atom stereocenters. The summed E-state index contributed by atoms with van der Waals surface area (Å²) >= 11 is 0. The van der Waals surface area contributed by atoms with E-state index in [0.717, 1.165) is 11.1 Å². The summed E-state index contributed by atoms with van der Waals surface area (Å²) < 4.78 is 37.1. The van der Waals surface area contributed by atoms with Crippen LogP contribution in [0.4, 0.5) is 0 Å². The Morgan fingerprint density at radius 2 is 1.93 bits per heavy atom. The van der Waals surface area contributed by atoms with Gasteiger partial charge in [-0.2, -0.15) is 8.42 Å². The highest BCUT2D eigenvalue weighted by atomic mass is 32.2. The molecule has 27 heavy (non-hydrogen) atoms. The Morgan fingerprint density at radius 1 is 1.19 bits per heavy atom. The smallest absolute Gasteiger partial charge is 0.408 e. The highest BCUT2D eigenvalue weighted by Crippen LogP contribution is 2.41. The molecule has 0 N–H and O–H groups in total. The lowest BCUT2D eigenvalue weighted by atomic mass is 9.98. The van der Waals surface area contributed by atoms with Gasteiger partial charge in [0.1, 0.15) is 4.90 Å². The third-order valence-electron chi connectivity index (χ3n) is 4.94. The number of rotatable bonds is 3. The molecule has 7 nitrogen and oxygen atoms in total. The number of fused-ring (bicyclic) bond motifs is 2. The standard InChI is InChI=1S/C19H17NO6S/c1-10-4-7-15(18-14(21)8-11(2)17(10)18)26-27(23,24)12-5-6-13-16(9-12)25-19(22)20(13)3/h4-7,9,11H,8H2,1-3H3/t11-/m1/s1. The zero-order chi connectivity index (χ0) is 19.5. The molecule has 0 saturated carbocycles. The van der Waals surface area contributed by atoms with E-state index in [0.29, 0.717) is 17.5 Å². The average Bonchev–Trinajstić information content (AvgIpc) is 3.06. The number of hydrogen-bond donors (Lipinski definition) is 0. The molecule has 0 bridgehead atoms. The maximum Gasteiger partial charge on any atom is 0.419 e. The Balaban J connectivity index is 1.79. The Kier molecular flexibility index (Phi) is 3.78. The van der Waals surface area contributed by atoms with Crippen molar-refractivity contribution in [2.75, 3.05) is 0 Å². The topological polar surface area (TPSA) is 95.6 Å². The second-order valence-corrected chi connectivity index (χ2v) is 8.34. The van der Waals surface area contributed by atoms with Crippen molar-refractivity contribution in [3.05, 3.63) is 57.6 Å². The van der Waals surface area contributed by atoms with E-state index in [-0.39, 0.29) is 27.9 Å². The van der Waals surface area contributed by atoms with Crippen LogP contribution in [0.3, 0.4) is 0 Å². The van der Waals surface area contributed by atoms with E-state index in [1.54, 1.807) is 6.07 Å². The second kappa shape index (κ2) is 5.82. The fourth-order valence-electron chi connectivity index (χ4n) is 3.61. The fourth-order valence-corrected chi connectivity index (χ4v) is 4.57. The van der Waals surface area contributed by atoms with Gasteiger partial charge in [-0.05, 0) is 42.2 Å². The molecule has 8 heteroatoms. The van der Waals surface area contributed by atoms with E-state index in [9.17, 15) is 18.0 Å². The minimum atomic E-state index is -4.21. The van der Waals surface area contributed by atoms with Crippen molar-refractivity contribution < 1.29 is 21.8 Å². The fraction of sp³-hybridized carbons (Fsp3) is 0.263. The molecular weight excluding hydrogens is 370 g/mol. The first-order valence-corrected chi connectivity index (χ1v) is 9.80. The Hall–Kier alpha value is -2.87. The van der Waals surface area contributed by atoms with Crippen LogP contribution in [0.1, 0.15) is 40.7 Å². The summed E-state index contributed by atoms with van der Waals surface area (Å²) in [5.41, 5.74) is 2.71. The molecule has 0 radical (unpaired) electrons. The van der Waals surface area contributed by atoms with Crippen LogP contribution in [-0.4, -0.2) is 18.8 Å². The van der Waals surface area contributed by atoms with Crippen LogP contribution in [0.5, 0.6) is 5.75 Å². The predicted molar refractivity (Wildman–Crippen MR) is 97.8 cm³/mol. The summed E-state index contributed by atoms with van der Waals surface area (Å²) in [5.74, 6) is -0.666. The van der Waals surface area contributed by atoms with Gasteiger partial charge in [-0.1, -0.05) is 13.0 Å². The molecule has 1 aliphatic rings. The monoisotopic (exact) mass is 387 g/mol. The molecule has 4 rings (SSSR count). The maximum atomic E-state index is 12.7. The molecule has 3 aromatic rings. The molecule has 0 saturated heterocycles. The Bertz CT molecular complexity index is 1270. The molecule has 0 aliphatic heterocycles. The number of ketones is 1. The zero-order valence-corrected chi connectivity index (χ0v) is 15.8. The lowest BCUT2D eigenvalue weighted by molar-refractivity contribution is 0.0989. The van der Waals surface area contributed by atoms with E-state index in [4.69, 9.17) is 8.60 Å². The number of Topliss-reactive ketones (excluding diaryl/α,β-unsaturated/α-hetero) is 1. The van der Waals surface area contributed by atoms with Crippen LogP contribution in [0.2, 0.25) is 0 Å². The molecule has 0 spiro atoms. The number of aromatic nitrogens is 1. The number of carbonyl (C=O) groups is 1. The van der Waals surface area contributed by atoms with Crippen molar-refractivity contribution in [3.8, 4) is 5.75 Å². The number of hydrogen-bond acceptors (Lipinski definition) is 6. The number of oxazole rings is 1. The normalized spacial score (nSPS) is 16.7. The average molecular weight is 387 g/mol. The zero-order valence-electron chi connectivity index (χ0n) is 15.0. The van der Waals surface area contributed by atoms with Crippen molar-refractivity contribution >= 4 is 27.0 Å². The summed E-state index contributed by atoms with van der Waals surface area (Å²) in [6.45, 7) is 3.82. The molecule has 0 amide bonds. The first-order chi connectivity index (χ1) is 12.7. The molecular formula is C19H17NO6S. The summed E-state index contributed by atoms with van der Waals surface area (Å²) in [6, 6.07) is 7.31. The Morgan fingerprint density at radius 3 is 2.67 bits per heavy atom. The minimum Gasteiger partial charge on any atom is -0.408 e. The van der Waals surface area contributed by atoms with Gasteiger partial charge in [-0.15, -0.1) is 0 Å². The molecule has 2 aromatic carbocycles. The lowest BCUT2D eigenvalue weighted by Crippen LogP contribution is -2.12. The van der Waals surface area contributed by atoms with Crippen molar-refractivity contribution in [2.24, 2.45) is 7.05 Å². The van der Waals surface area contributed by atoms with Gasteiger partial charge in [0.25, 0.3) is 0 Å². The van der Waals surface area contributed by atoms with Crippen molar-refractivity contribution in [2.45, 2.75) is 31.1 Å². The molecule has 140 valence electrons. The first kappa shape index (κ1) is 17.5. The van der Waals surface area contributed by atoms with Gasteiger partial charge < -0.3 is 8.60 Å². The predicted octanol–water partition coefficient (Wildman–Crippen LogP) is 2.90. The quantitative estimate of drug-likeness (QED) is 0.641. The van der Waals surface area contributed by atoms with Gasteiger partial charge in [0.2, 0.25) is 0 Å². The summed E-state index contributed by atoms with van der Waals surface area (Å²) in [5, 5.41) is 0. The van der Waals surface area contributed by atoms with Gasteiger partial charge >= 0.3 is 15.9 Å². The van der Waals surface area contributed by atoms with Crippen molar-refractivity contribution in [1.29, 1.82) is 0 Å². The summed E-state index contributed by atoms with van der Waals surface area (Å²) in [6.07, 6.45) is 0.331. The number of nitrogens with zero attached hydrogens (tertiary/aromatic N) is 1. The van der Waals surface area contributed by atoms with Gasteiger partial charge in [0, 0.05) is 19.5 Å². The minimum absolute atomic E-state index is 0.0219. The van der Waals surface area contributed by atoms with Crippen LogP contribution in [0.15, 0.2) is 44.4 Å². The number of aryl methyl sites for hydroxylation is 2.